The third-order valence-electron chi connectivity index (χ3n) is 5.01. The zero-order valence-electron chi connectivity index (χ0n) is 13.6. The van der Waals surface area contributed by atoms with Gasteiger partial charge in [0.25, 0.3) is 0 Å². The Morgan fingerprint density at radius 1 is 1.17 bits per heavy atom. The molecule has 0 atom stereocenters. The molecule has 0 unspecified atom stereocenters. The predicted octanol–water partition coefficient (Wildman–Crippen LogP) is 2.04. The summed E-state index contributed by atoms with van der Waals surface area (Å²) in [6.07, 6.45) is 9.58. The van der Waals surface area contributed by atoms with Crippen molar-refractivity contribution in [3.05, 3.63) is 18.1 Å². The SMILES string of the molecule is N#Cc1nccnc1NCC1(CN2CCOCC2)CCCCC1. The maximum absolute atomic E-state index is 9.17. The highest BCUT2D eigenvalue weighted by molar-refractivity contribution is 5.46. The molecule has 6 nitrogen and oxygen atoms in total. The van der Waals surface area contributed by atoms with E-state index < -0.39 is 0 Å². The molecule has 1 saturated heterocycles. The number of anilines is 1. The van der Waals surface area contributed by atoms with E-state index in [1.165, 1.54) is 32.1 Å². The van der Waals surface area contributed by atoms with Gasteiger partial charge in [0.2, 0.25) is 0 Å². The fraction of sp³-hybridized carbons (Fsp3) is 0.706. The molecule has 23 heavy (non-hydrogen) atoms. The second-order valence-corrected chi connectivity index (χ2v) is 6.67. The highest BCUT2D eigenvalue weighted by Gasteiger charge is 2.34. The maximum atomic E-state index is 9.17. The van der Waals surface area contributed by atoms with Crippen LogP contribution in [0.15, 0.2) is 12.4 Å². The lowest BCUT2D eigenvalue weighted by molar-refractivity contribution is 0.0102. The van der Waals surface area contributed by atoms with E-state index in [4.69, 9.17) is 10.00 Å². The number of hydrogen-bond donors (Lipinski definition) is 1. The molecule has 1 N–H and O–H groups in total. The van der Waals surface area contributed by atoms with E-state index in [9.17, 15) is 0 Å². The van der Waals surface area contributed by atoms with E-state index in [1.807, 2.05) is 0 Å². The standard InChI is InChI=1S/C17H25N5O/c18-12-15-16(20-7-6-19-15)21-13-17(4-2-1-3-5-17)14-22-8-10-23-11-9-22/h6-7H,1-5,8-11,13-14H2,(H,20,21). The van der Waals surface area contributed by atoms with Crippen LogP contribution in [0.5, 0.6) is 0 Å². The van der Waals surface area contributed by atoms with Crippen molar-refractivity contribution in [2.75, 3.05) is 44.7 Å². The highest BCUT2D eigenvalue weighted by Crippen LogP contribution is 2.37. The number of hydrogen-bond acceptors (Lipinski definition) is 6. The highest BCUT2D eigenvalue weighted by atomic mass is 16.5. The van der Waals surface area contributed by atoms with Crippen LogP contribution in [0.4, 0.5) is 5.82 Å². The van der Waals surface area contributed by atoms with Crippen LogP contribution in [-0.4, -0.2) is 54.3 Å². The van der Waals surface area contributed by atoms with Crippen LogP contribution in [0, 0.1) is 16.7 Å². The van der Waals surface area contributed by atoms with Crippen molar-refractivity contribution in [1.82, 2.24) is 14.9 Å². The van der Waals surface area contributed by atoms with E-state index >= 15 is 0 Å². The minimum absolute atomic E-state index is 0.264. The lowest BCUT2D eigenvalue weighted by Gasteiger charge is -2.42. The second kappa shape index (κ2) is 7.71. The lowest BCUT2D eigenvalue weighted by atomic mass is 9.73. The first kappa shape index (κ1) is 16.2. The lowest BCUT2D eigenvalue weighted by Crippen LogP contribution is -2.47. The van der Waals surface area contributed by atoms with Crippen molar-refractivity contribution in [3.63, 3.8) is 0 Å². The first-order valence-corrected chi connectivity index (χ1v) is 8.56. The summed E-state index contributed by atoms with van der Waals surface area (Å²) in [7, 11) is 0. The summed E-state index contributed by atoms with van der Waals surface area (Å²) in [5.74, 6) is 0.613. The fourth-order valence-corrected chi connectivity index (χ4v) is 3.75. The summed E-state index contributed by atoms with van der Waals surface area (Å²) in [5.41, 5.74) is 0.643. The van der Waals surface area contributed by atoms with E-state index in [0.29, 0.717) is 11.5 Å². The summed E-state index contributed by atoms with van der Waals surface area (Å²) in [5, 5.41) is 12.6. The van der Waals surface area contributed by atoms with Crippen LogP contribution in [0.1, 0.15) is 37.8 Å². The topological polar surface area (TPSA) is 74.1 Å². The Balaban J connectivity index is 1.67. The van der Waals surface area contributed by atoms with Gasteiger partial charge in [-0.2, -0.15) is 5.26 Å². The zero-order valence-corrected chi connectivity index (χ0v) is 13.6. The molecule has 1 saturated carbocycles. The van der Waals surface area contributed by atoms with Gasteiger partial charge in [-0.15, -0.1) is 0 Å². The van der Waals surface area contributed by atoms with Crippen molar-refractivity contribution in [2.45, 2.75) is 32.1 Å². The first-order valence-electron chi connectivity index (χ1n) is 8.56. The Bertz CT molecular complexity index is 544. The molecule has 0 bridgehead atoms. The van der Waals surface area contributed by atoms with Gasteiger partial charge in [-0.1, -0.05) is 19.3 Å². The van der Waals surface area contributed by atoms with Crippen molar-refractivity contribution in [1.29, 1.82) is 5.26 Å². The Hall–Kier alpha value is -1.71. The Morgan fingerprint density at radius 2 is 1.91 bits per heavy atom. The van der Waals surface area contributed by atoms with Gasteiger partial charge in [0.15, 0.2) is 11.5 Å². The monoisotopic (exact) mass is 315 g/mol. The molecule has 1 aliphatic carbocycles. The van der Waals surface area contributed by atoms with Gasteiger partial charge in [0, 0.05) is 44.0 Å². The van der Waals surface area contributed by atoms with Crippen molar-refractivity contribution >= 4 is 5.82 Å². The summed E-state index contributed by atoms with van der Waals surface area (Å²) < 4.78 is 5.47. The minimum Gasteiger partial charge on any atom is -0.379 e. The van der Waals surface area contributed by atoms with E-state index in [-0.39, 0.29) is 5.41 Å². The summed E-state index contributed by atoms with van der Waals surface area (Å²) >= 11 is 0. The van der Waals surface area contributed by atoms with Crippen LogP contribution in [0.2, 0.25) is 0 Å². The third-order valence-corrected chi connectivity index (χ3v) is 5.01. The van der Waals surface area contributed by atoms with Gasteiger partial charge in [0.05, 0.1) is 13.2 Å². The number of nitrogens with zero attached hydrogens (tertiary/aromatic N) is 4. The quantitative estimate of drug-likeness (QED) is 0.896. The van der Waals surface area contributed by atoms with Gasteiger partial charge in [-0.25, -0.2) is 9.97 Å². The molecular weight excluding hydrogens is 290 g/mol. The molecule has 0 spiro atoms. The van der Waals surface area contributed by atoms with Crippen LogP contribution < -0.4 is 5.32 Å². The Kier molecular flexibility index (Phi) is 5.42. The number of nitrogens with one attached hydrogen (secondary N) is 1. The van der Waals surface area contributed by atoms with E-state index in [2.05, 4.69) is 26.3 Å². The number of ether oxygens (including phenoxy) is 1. The normalized spacial score (nSPS) is 21.5. The van der Waals surface area contributed by atoms with E-state index in [1.54, 1.807) is 12.4 Å². The minimum atomic E-state index is 0.264. The van der Waals surface area contributed by atoms with Crippen LogP contribution in [0.25, 0.3) is 0 Å². The summed E-state index contributed by atoms with van der Waals surface area (Å²) in [6, 6.07) is 2.11. The number of morpholine rings is 1. The van der Waals surface area contributed by atoms with Gasteiger partial charge < -0.3 is 10.1 Å². The van der Waals surface area contributed by atoms with Crippen LogP contribution in [-0.2, 0) is 4.74 Å². The summed E-state index contributed by atoms with van der Waals surface area (Å²) in [4.78, 5) is 10.9. The molecule has 124 valence electrons. The molecule has 3 rings (SSSR count). The van der Waals surface area contributed by atoms with Gasteiger partial charge >= 0.3 is 0 Å². The largest absolute Gasteiger partial charge is 0.379 e. The maximum Gasteiger partial charge on any atom is 0.182 e. The predicted molar refractivity (Wildman–Crippen MR) is 88.0 cm³/mol. The molecule has 2 heterocycles. The third kappa shape index (κ3) is 4.18. The molecule has 6 heteroatoms. The van der Waals surface area contributed by atoms with Gasteiger partial charge in [0.1, 0.15) is 6.07 Å². The van der Waals surface area contributed by atoms with Crippen molar-refractivity contribution in [3.8, 4) is 6.07 Å². The molecule has 1 aromatic heterocycles. The zero-order chi connectivity index (χ0) is 16.0. The van der Waals surface area contributed by atoms with E-state index in [0.717, 1.165) is 39.4 Å². The number of aromatic nitrogens is 2. The van der Waals surface area contributed by atoms with Crippen LogP contribution >= 0.6 is 0 Å². The average Bonchev–Trinajstić information content (AvgIpc) is 2.62. The van der Waals surface area contributed by atoms with Gasteiger partial charge in [-0.3, -0.25) is 4.90 Å². The molecule has 2 aliphatic rings. The number of nitriles is 1. The second-order valence-electron chi connectivity index (χ2n) is 6.67. The Labute approximate surface area is 137 Å². The first-order chi connectivity index (χ1) is 11.3. The molecule has 1 aliphatic heterocycles. The smallest absolute Gasteiger partial charge is 0.182 e. The fourth-order valence-electron chi connectivity index (χ4n) is 3.75. The summed E-state index contributed by atoms with van der Waals surface area (Å²) in [6.45, 7) is 5.69. The molecule has 0 amide bonds. The molecule has 1 aromatic rings. The molecule has 2 fully saturated rings. The van der Waals surface area contributed by atoms with Crippen LogP contribution in [0.3, 0.4) is 0 Å². The number of rotatable bonds is 5. The van der Waals surface area contributed by atoms with Gasteiger partial charge in [-0.05, 0) is 12.8 Å². The van der Waals surface area contributed by atoms with Crippen molar-refractivity contribution in [2.24, 2.45) is 5.41 Å². The molecule has 0 aromatic carbocycles. The molecular formula is C17H25N5O. The Morgan fingerprint density at radius 3 is 2.65 bits per heavy atom. The van der Waals surface area contributed by atoms with Crippen molar-refractivity contribution < 1.29 is 4.74 Å². The average molecular weight is 315 g/mol. The molecule has 0 radical (unpaired) electrons.